The highest BCUT2D eigenvalue weighted by Crippen LogP contribution is 2.28. The number of carboxylic acid groups (broad SMARTS) is 3. The van der Waals surface area contributed by atoms with Crippen molar-refractivity contribution < 1.29 is 34.5 Å². The number of nitrogens with zero attached hydrogens (tertiary/aromatic N) is 2. The number of hydrogen-bond donors (Lipinski definition) is 3. The highest BCUT2D eigenvalue weighted by Gasteiger charge is 2.14. The molecule has 4 aromatic rings. The number of carbonyl (C=O) groups is 4. The Morgan fingerprint density at radius 2 is 1.06 bits per heavy atom. The third-order valence-electron chi connectivity index (χ3n) is 4.96. The van der Waals surface area contributed by atoms with Crippen LogP contribution >= 0.6 is 0 Å². The number of hydrogen-bond acceptors (Lipinski definition) is 6. The Labute approximate surface area is 185 Å². The number of aldehydes is 1. The summed E-state index contributed by atoms with van der Waals surface area (Å²) < 4.78 is 0. The number of rotatable bonds is 6. The molecule has 2 heterocycles. The minimum atomic E-state index is -1.26. The topological polar surface area (TPSA) is 155 Å². The third kappa shape index (κ3) is 4.28. The van der Waals surface area contributed by atoms with Crippen LogP contribution in [0.3, 0.4) is 0 Å². The van der Waals surface area contributed by atoms with Gasteiger partial charge in [-0.05, 0) is 59.7 Å². The molecule has 9 heteroatoms. The summed E-state index contributed by atoms with van der Waals surface area (Å²) in [7, 11) is 0. The van der Waals surface area contributed by atoms with Gasteiger partial charge >= 0.3 is 17.9 Å². The van der Waals surface area contributed by atoms with Crippen LogP contribution in [-0.2, 0) is 0 Å². The first-order valence-corrected chi connectivity index (χ1v) is 9.47. The Kier molecular flexibility index (Phi) is 5.37. The standard InChI is InChI=1S/C24H14N2O7/c27-11-12-1-13(3-16(2-12)22(28)29)19-6-15-7-20(10-26-21(15)25-9-19)14-4-17(23(30)31)8-18(5-14)24(32)33/h1-11H,(H,28,29)(H,30,31)(H,32,33). The number of carbonyl (C=O) groups excluding carboxylic acids is 1. The fraction of sp³-hybridized carbons (Fsp3) is 0. The molecule has 0 unspecified atom stereocenters. The van der Waals surface area contributed by atoms with E-state index in [-0.39, 0.29) is 22.3 Å². The van der Waals surface area contributed by atoms with E-state index in [1.165, 1.54) is 42.7 Å². The van der Waals surface area contributed by atoms with E-state index in [4.69, 9.17) is 0 Å². The number of fused-ring (bicyclic) bond motifs is 1. The van der Waals surface area contributed by atoms with Crippen LogP contribution in [0.25, 0.3) is 33.3 Å². The smallest absolute Gasteiger partial charge is 0.335 e. The molecule has 0 atom stereocenters. The molecule has 0 aliphatic carbocycles. The molecule has 0 aliphatic rings. The number of aromatic nitrogens is 2. The second kappa shape index (κ2) is 8.31. The predicted octanol–water partition coefficient (Wildman–Crippen LogP) is 3.87. The van der Waals surface area contributed by atoms with Crippen LogP contribution in [0.15, 0.2) is 60.9 Å². The van der Waals surface area contributed by atoms with Gasteiger partial charge in [0.1, 0.15) is 6.29 Å². The zero-order valence-corrected chi connectivity index (χ0v) is 16.7. The molecule has 0 saturated heterocycles. The first kappa shape index (κ1) is 21.3. The maximum atomic E-state index is 11.4. The number of pyridine rings is 2. The van der Waals surface area contributed by atoms with Gasteiger partial charge in [-0.25, -0.2) is 24.4 Å². The van der Waals surface area contributed by atoms with Gasteiger partial charge in [-0.15, -0.1) is 0 Å². The molecule has 0 bridgehead atoms. The highest BCUT2D eigenvalue weighted by atomic mass is 16.4. The van der Waals surface area contributed by atoms with Crippen molar-refractivity contribution >= 4 is 35.2 Å². The molecule has 0 aliphatic heterocycles. The molecule has 2 aromatic carbocycles. The summed E-state index contributed by atoms with van der Waals surface area (Å²) in [6.45, 7) is 0. The first-order chi connectivity index (χ1) is 15.7. The van der Waals surface area contributed by atoms with Gasteiger partial charge in [-0.2, -0.15) is 0 Å². The molecule has 3 N–H and O–H groups in total. The van der Waals surface area contributed by atoms with E-state index in [9.17, 15) is 34.5 Å². The summed E-state index contributed by atoms with van der Waals surface area (Å²) in [5.41, 5.74) is 2.00. The molecule has 0 amide bonds. The Morgan fingerprint density at radius 3 is 1.52 bits per heavy atom. The van der Waals surface area contributed by atoms with E-state index in [0.717, 1.165) is 6.07 Å². The summed E-state index contributed by atoms with van der Waals surface area (Å²) in [5, 5.41) is 28.5. The lowest BCUT2D eigenvalue weighted by Crippen LogP contribution is -2.03. The van der Waals surface area contributed by atoms with Crippen LogP contribution in [0.2, 0.25) is 0 Å². The largest absolute Gasteiger partial charge is 0.478 e. The zero-order chi connectivity index (χ0) is 23.7. The van der Waals surface area contributed by atoms with Crippen LogP contribution in [0.1, 0.15) is 41.4 Å². The van der Waals surface area contributed by atoms with E-state index < -0.39 is 17.9 Å². The van der Waals surface area contributed by atoms with Gasteiger partial charge in [0.25, 0.3) is 0 Å². The molecule has 33 heavy (non-hydrogen) atoms. The molecule has 2 aromatic heterocycles. The number of carboxylic acids is 3. The first-order valence-electron chi connectivity index (χ1n) is 9.47. The van der Waals surface area contributed by atoms with Crippen LogP contribution < -0.4 is 0 Å². The minimum Gasteiger partial charge on any atom is -0.478 e. The van der Waals surface area contributed by atoms with E-state index in [0.29, 0.717) is 39.6 Å². The van der Waals surface area contributed by atoms with Gasteiger partial charge in [-0.1, -0.05) is 0 Å². The molecule has 0 fully saturated rings. The van der Waals surface area contributed by atoms with Crippen LogP contribution in [0, 0.1) is 0 Å². The Morgan fingerprint density at radius 1 is 0.606 bits per heavy atom. The van der Waals surface area contributed by atoms with Crippen LogP contribution in [0.5, 0.6) is 0 Å². The summed E-state index contributed by atoms with van der Waals surface area (Å²) in [5.74, 6) is -3.70. The fourth-order valence-corrected chi connectivity index (χ4v) is 3.39. The number of benzene rings is 2. The Bertz CT molecular complexity index is 1450. The zero-order valence-electron chi connectivity index (χ0n) is 16.7. The van der Waals surface area contributed by atoms with Crippen LogP contribution in [0.4, 0.5) is 0 Å². The lowest BCUT2D eigenvalue weighted by atomic mass is 9.98. The van der Waals surface area contributed by atoms with Crippen LogP contribution in [-0.4, -0.2) is 49.5 Å². The summed E-state index contributed by atoms with van der Waals surface area (Å²) >= 11 is 0. The highest BCUT2D eigenvalue weighted by molar-refractivity contribution is 5.97. The molecule has 162 valence electrons. The van der Waals surface area contributed by atoms with E-state index >= 15 is 0 Å². The monoisotopic (exact) mass is 442 g/mol. The minimum absolute atomic E-state index is 0.0479. The fourth-order valence-electron chi connectivity index (χ4n) is 3.39. The van der Waals surface area contributed by atoms with Crippen molar-refractivity contribution in [2.45, 2.75) is 0 Å². The van der Waals surface area contributed by atoms with Crippen molar-refractivity contribution in [2.75, 3.05) is 0 Å². The maximum absolute atomic E-state index is 11.4. The maximum Gasteiger partial charge on any atom is 0.335 e. The quantitative estimate of drug-likeness (QED) is 0.377. The van der Waals surface area contributed by atoms with Gasteiger partial charge in [0.2, 0.25) is 0 Å². The molecule has 0 spiro atoms. The van der Waals surface area contributed by atoms with Gasteiger partial charge in [-0.3, -0.25) is 4.79 Å². The van der Waals surface area contributed by atoms with Crippen molar-refractivity contribution in [3.63, 3.8) is 0 Å². The van der Waals surface area contributed by atoms with Crippen molar-refractivity contribution in [2.24, 2.45) is 0 Å². The normalized spacial score (nSPS) is 10.7. The molecule has 4 rings (SSSR count). The van der Waals surface area contributed by atoms with E-state index in [2.05, 4.69) is 9.97 Å². The molecular formula is C24H14N2O7. The molecule has 0 saturated carbocycles. The third-order valence-corrected chi connectivity index (χ3v) is 4.96. The summed E-state index contributed by atoms with van der Waals surface area (Å²) in [4.78, 5) is 54.0. The van der Waals surface area contributed by atoms with Crippen molar-refractivity contribution in [3.8, 4) is 22.3 Å². The second-order valence-electron chi connectivity index (χ2n) is 7.17. The van der Waals surface area contributed by atoms with Gasteiger partial charge in [0.15, 0.2) is 5.65 Å². The Balaban J connectivity index is 1.86. The summed E-state index contributed by atoms with van der Waals surface area (Å²) in [6.07, 6.45) is 3.51. The van der Waals surface area contributed by atoms with E-state index in [1.54, 1.807) is 12.1 Å². The molecular weight excluding hydrogens is 428 g/mol. The summed E-state index contributed by atoms with van der Waals surface area (Å²) in [6, 6.07) is 11.4. The van der Waals surface area contributed by atoms with Gasteiger partial charge < -0.3 is 15.3 Å². The number of aromatic carboxylic acids is 3. The van der Waals surface area contributed by atoms with Crippen molar-refractivity contribution in [3.05, 3.63) is 83.2 Å². The van der Waals surface area contributed by atoms with Crippen molar-refractivity contribution in [1.29, 1.82) is 0 Å². The SMILES string of the molecule is O=Cc1cc(C(=O)O)cc(-c2cnc3ncc(-c4cc(C(=O)O)cc(C(=O)O)c4)cc3c2)c1. The van der Waals surface area contributed by atoms with Crippen molar-refractivity contribution in [1.82, 2.24) is 9.97 Å². The molecule has 9 nitrogen and oxygen atoms in total. The van der Waals surface area contributed by atoms with Gasteiger partial charge in [0.05, 0.1) is 16.7 Å². The Hall–Kier alpha value is -4.92. The average molecular weight is 442 g/mol. The predicted molar refractivity (Wildman–Crippen MR) is 117 cm³/mol. The van der Waals surface area contributed by atoms with E-state index in [1.807, 2.05) is 0 Å². The second-order valence-corrected chi connectivity index (χ2v) is 7.17. The lowest BCUT2D eigenvalue weighted by Gasteiger charge is -2.09. The van der Waals surface area contributed by atoms with Gasteiger partial charge in [0, 0.05) is 34.5 Å². The average Bonchev–Trinajstić information content (AvgIpc) is 2.82. The lowest BCUT2D eigenvalue weighted by molar-refractivity contribution is 0.0682. The molecule has 0 radical (unpaired) electrons.